The van der Waals surface area contributed by atoms with Crippen LogP contribution in [0.2, 0.25) is 0 Å². The second-order valence-electron chi connectivity index (χ2n) is 4.31. The van der Waals surface area contributed by atoms with Crippen LogP contribution in [0.1, 0.15) is 38.5 Å². The monoisotopic (exact) mass is 184 g/mol. The Kier molecular flexibility index (Phi) is 5.40. The van der Waals surface area contributed by atoms with Crippen LogP contribution in [0.15, 0.2) is 0 Å². The van der Waals surface area contributed by atoms with Gasteiger partial charge < -0.3 is 11.1 Å². The molecular formula is C11H24N2. The molecule has 0 amide bonds. The zero-order valence-electron chi connectivity index (χ0n) is 8.89. The maximum absolute atomic E-state index is 5.80. The smallest absolute Gasteiger partial charge is 0.000880 e. The first-order valence-electron chi connectivity index (χ1n) is 5.73. The van der Waals surface area contributed by atoms with Gasteiger partial charge in [0.2, 0.25) is 0 Å². The Morgan fingerprint density at radius 2 is 1.85 bits per heavy atom. The molecule has 1 unspecified atom stereocenters. The van der Waals surface area contributed by atoms with E-state index in [1.165, 1.54) is 38.5 Å². The number of rotatable bonds is 4. The molecule has 1 fully saturated rings. The second-order valence-corrected chi connectivity index (χ2v) is 4.31. The Morgan fingerprint density at radius 3 is 2.31 bits per heavy atom. The van der Waals surface area contributed by atoms with Crippen LogP contribution < -0.4 is 11.1 Å². The third-order valence-corrected chi connectivity index (χ3v) is 3.34. The van der Waals surface area contributed by atoms with E-state index in [0.29, 0.717) is 5.92 Å². The molecule has 0 radical (unpaired) electrons. The van der Waals surface area contributed by atoms with Gasteiger partial charge in [0.05, 0.1) is 0 Å². The number of hydrogen-bond acceptors (Lipinski definition) is 2. The van der Waals surface area contributed by atoms with E-state index in [1.807, 2.05) is 7.05 Å². The minimum atomic E-state index is 0.711. The summed E-state index contributed by atoms with van der Waals surface area (Å²) in [7, 11) is 2.03. The van der Waals surface area contributed by atoms with Crippen molar-refractivity contribution in [1.82, 2.24) is 5.32 Å². The largest absolute Gasteiger partial charge is 0.330 e. The lowest BCUT2D eigenvalue weighted by molar-refractivity contribution is 0.298. The van der Waals surface area contributed by atoms with E-state index in [0.717, 1.165) is 19.0 Å². The van der Waals surface area contributed by atoms with Crippen LogP contribution in [-0.2, 0) is 0 Å². The highest BCUT2D eigenvalue weighted by atomic mass is 14.8. The number of hydrogen-bond donors (Lipinski definition) is 2. The average Bonchev–Trinajstić information content (AvgIpc) is 2.42. The molecule has 1 atom stereocenters. The number of nitrogens with one attached hydrogen (secondary N) is 1. The molecule has 3 N–H and O–H groups in total. The molecular weight excluding hydrogens is 160 g/mol. The Hall–Kier alpha value is -0.0800. The van der Waals surface area contributed by atoms with Gasteiger partial charge in [-0.1, -0.05) is 38.5 Å². The topological polar surface area (TPSA) is 38.0 Å². The van der Waals surface area contributed by atoms with Crippen molar-refractivity contribution in [2.75, 3.05) is 20.1 Å². The highest BCUT2D eigenvalue weighted by molar-refractivity contribution is 4.74. The number of nitrogens with two attached hydrogens (primary N) is 1. The average molecular weight is 184 g/mol. The van der Waals surface area contributed by atoms with Crippen molar-refractivity contribution in [3.05, 3.63) is 0 Å². The van der Waals surface area contributed by atoms with Gasteiger partial charge in [-0.15, -0.1) is 0 Å². The Labute approximate surface area is 82.3 Å². The van der Waals surface area contributed by atoms with Crippen molar-refractivity contribution in [3.8, 4) is 0 Å². The lowest BCUT2D eigenvalue weighted by Gasteiger charge is -2.24. The van der Waals surface area contributed by atoms with Crippen molar-refractivity contribution in [2.24, 2.45) is 17.6 Å². The quantitative estimate of drug-likeness (QED) is 0.653. The second kappa shape index (κ2) is 6.39. The molecule has 2 heteroatoms. The SMILES string of the molecule is CNCC(CN)C1CCCCCC1. The van der Waals surface area contributed by atoms with Crippen LogP contribution in [0.5, 0.6) is 0 Å². The molecule has 0 aromatic heterocycles. The van der Waals surface area contributed by atoms with Crippen molar-refractivity contribution in [3.63, 3.8) is 0 Å². The van der Waals surface area contributed by atoms with Gasteiger partial charge in [0.1, 0.15) is 0 Å². The van der Waals surface area contributed by atoms with Gasteiger partial charge in [-0.05, 0) is 32.0 Å². The molecule has 0 bridgehead atoms. The first-order chi connectivity index (χ1) is 6.38. The summed E-state index contributed by atoms with van der Waals surface area (Å²) in [6, 6.07) is 0. The normalized spacial score (nSPS) is 22.6. The van der Waals surface area contributed by atoms with Crippen molar-refractivity contribution in [2.45, 2.75) is 38.5 Å². The third-order valence-electron chi connectivity index (χ3n) is 3.34. The standard InChI is InChI=1S/C11H24N2/c1-13-9-11(8-12)10-6-4-2-3-5-7-10/h10-11,13H,2-9,12H2,1H3. The van der Waals surface area contributed by atoms with Crippen molar-refractivity contribution >= 4 is 0 Å². The first kappa shape index (κ1) is 11.0. The minimum absolute atomic E-state index is 0.711. The van der Waals surface area contributed by atoms with Crippen LogP contribution in [-0.4, -0.2) is 20.1 Å². The zero-order chi connectivity index (χ0) is 9.52. The summed E-state index contributed by atoms with van der Waals surface area (Å²) in [4.78, 5) is 0. The lowest BCUT2D eigenvalue weighted by atomic mass is 9.86. The molecule has 13 heavy (non-hydrogen) atoms. The summed E-state index contributed by atoms with van der Waals surface area (Å²) in [6.45, 7) is 1.95. The maximum Gasteiger partial charge on any atom is -0.000880 e. The van der Waals surface area contributed by atoms with Gasteiger partial charge in [0.25, 0.3) is 0 Å². The fourth-order valence-electron chi connectivity index (χ4n) is 2.49. The highest BCUT2D eigenvalue weighted by Gasteiger charge is 2.20. The van der Waals surface area contributed by atoms with Gasteiger partial charge in [0, 0.05) is 0 Å². The molecule has 1 aliphatic carbocycles. The molecule has 0 saturated heterocycles. The van der Waals surface area contributed by atoms with Crippen LogP contribution in [0, 0.1) is 11.8 Å². The first-order valence-corrected chi connectivity index (χ1v) is 5.73. The Morgan fingerprint density at radius 1 is 1.23 bits per heavy atom. The van der Waals surface area contributed by atoms with Crippen LogP contribution in [0.4, 0.5) is 0 Å². The van der Waals surface area contributed by atoms with E-state index in [1.54, 1.807) is 0 Å². The van der Waals surface area contributed by atoms with Gasteiger partial charge in [-0.25, -0.2) is 0 Å². The summed E-state index contributed by atoms with van der Waals surface area (Å²) in [5.41, 5.74) is 5.80. The fraction of sp³-hybridized carbons (Fsp3) is 1.00. The molecule has 0 heterocycles. The minimum Gasteiger partial charge on any atom is -0.330 e. The van der Waals surface area contributed by atoms with Crippen LogP contribution in [0.3, 0.4) is 0 Å². The van der Waals surface area contributed by atoms with Crippen LogP contribution in [0.25, 0.3) is 0 Å². The van der Waals surface area contributed by atoms with Crippen LogP contribution >= 0.6 is 0 Å². The van der Waals surface area contributed by atoms with Gasteiger partial charge >= 0.3 is 0 Å². The molecule has 78 valence electrons. The molecule has 0 aromatic carbocycles. The Balaban J connectivity index is 2.35. The van der Waals surface area contributed by atoms with E-state index < -0.39 is 0 Å². The fourth-order valence-corrected chi connectivity index (χ4v) is 2.49. The molecule has 1 saturated carbocycles. The molecule has 0 aliphatic heterocycles. The zero-order valence-corrected chi connectivity index (χ0v) is 8.89. The molecule has 2 nitrogen and oxygen atoms in total. The lowest BCUT2D eigenvalue weighted by Crippen LogP contribution is -2.32. The molecule has 1 rings (SSSR count). The summed E-state index contributed by atoms with van der Waals surface area (Å²) in [5, 5.41) is 3.26. The predicted molar refractivity (Wildman–Crippen MR) is 57.7 cm³/mol. The van der Waals surface area contributed by atoms with E-state index in [9.17, 15) is 0 Å². The molecule has 0 aromatic rings. The van der Waals surface area contributed by atoms with Crippen molar-refractivity contribution < 1.29 is 0 Å². The van der Waals surface area contributed by atoms with E-state index in [4.69, 9.17) is 5.73 Å². The molecule has 1 aliphatic rings. The maximum atomic E-state index is 5.80. The summed E-state index contributed by atoms with van der Waals surface area (Å²) >= 11 is 0. The Bertz CT molecular complexity index is 117. The summed E-state index contributed by atoms with van der Waals surface area (Å²) in [6.07, 6.45) is 8.53. The third kappa shape index (κ3) is 3.65. The predicted octanol–water partition coefficient (Wildman–Crippen LogP) is 1.75. The molecule has 0 spiro atoms. The van der Waals surface area contributed by atoms with Gasteiger partial charge in [-0.2, -0.15) is 0 Å². The highest BCUT2D eigenvalue weighted by Crippen LogP contribution is 2.28. The van der Waals surface area contributed by atoms with Gasteiger partial charge in [-0.3, -0.25) is 0 Å². The summed E-state index contributed by atoms with van der Waals surface area (Å²) < 4.78 is 0. The van der Waals surface area contributed by atoms with E-state index >= 15 is 0 Å². The van der Waals surface area contributed by atoms with E-state index in [-0.39, 0.29) is 0 Å². The van der Waals surface area contributed by atoms with Gasteiger partial charge in [0.15, 0.2) is 0 Å². The summed E-state index contributed by atoms with van der Waals surface area (Å²) in [5.74, 6) is 1.60. The van der Waals surface area contributed by atoms with E-state index in [2.05, 4.69) is 5.32 Å². The van der Waals surface area contributed by atoms with Crippen molar-refractivity contribution in [1.29, 1.82) is 0 Å².